The van der Waals surface area contributed by atoms with E-state index in [4.69, 9.17) is 9.47 Å². The zero-order valence-electron chi connectivity index (χ0n) is 39.3. The molecule has 1 atom stereocenters. The average molecular weight is 853 g/mol. The lowest BCUT2D eigenvalue weighted by Gasteiger charge is -2.15. The van der Waals surface area contributed by atoms with Crippen LogP contribution in [-0.2, 0) is 19.1 Å². The summed E-state index contributed by atoms with van der Waals surface area (Å²) in [5.41, 5.74) is 0. The van der Waals surface area contributed by atoms with E-state index in [1.54, 1.807) is 0 Å². The third-order valence-corrected chi connectivity index (χ3v) is 9.63. The molecule has 0 bridgehead atoms. The number of rotatable bonds is 42. The second kappa shape index (κ2) is 51.1. The van der Waals surface area contributed by atoms with Crippen LogP contribution in [0.3, 0.4) is 0 Å². The van der Waals surface area contributed by atoms with Crippen molar-refractivity contribution in [1.29, 1.82) is 0 Å². The lowest BCUT2D eigenvalue weighted by atomic mass is 10.1. The van der Waals surface area contributed by atoms with Gasteiger partial charge in [-0.05, 0) is 116 Å². The maximum atomic E-state index is 12.3. The third kappa shape index (κ3) is 48.4. The number of allylic oxidation sites excluding steroid dienone is 24. The van der Waals surface area contributed by atoms with Crippen molar-refractivity contribution in [3.05, 3.63) is 146 Å². The Hall–Kier alpha value is -4.22. The summed E-state index contributed by atoms with van der Waals surface area (Å²) in [6.45, 7) is 3.86. The molecule has 5 heteroatoms. The Labute approximate surface area is 380 Å². The van der Waals surface area contributed by atoms with E-state index in [9.17, 15) is 14.7 Å². The van der Waals surface area contributed by atoms with Gasteiger partial charge in [-0.15, -0.1) is 0 Å². The van der Waals surface area contributed by atoms with Crippen molar-refractivity contribution in [2.24, 2.45) is 0 Å². The number of esters is 2. The summed E-state index contributed by atoms with van der Waals surface area (Å²) < 4.78 is 10.6. The van der Waals surface area contributed by atoms with Crippen LogP contribution in [0.15, 0.2) is 146 Å². The molecule has 0 aromatic heterocycles. The fraction of sp³-hybridized carbons (Fsp3) is 0.544. The van der Waals surface area contributed by atoms with Crippen LogP contribution in [0.5, 0.6) is 0 Å². The third-order valence-electron chi connectivity index (χ3n) is 9.63. The Morgan fingerprint density at radius 2 is 0.645 bits per heavy atom. The van der Waals surface area contributed by atoms with Crippen molar-refractivity contribution in [3.63, 3.8) is 0 Å². The summed E-state index contributed by atoms with van der Waals surface area (Å²) >= 11 is 0. The molecule has 0 aliphatic heterocycles. The van der Waals surface area contributed by atoms with Gasteiger partial charge in [-0.2, -0.15) is 0 Å². The molecule has 0 radical (unpaired) electrons. The second-order valence-electron chi connectivity index (χ2n) is 15.4. The van der Waals surface area contributed by atoms with Crippen LogP contribution in [0.1, 0.15) is 181 Å². The molecular weight excluding hydrogens is 765 g/mol. The highest BCUT2D eigenvalue weighted by atomic mass is 16.6. The summed E-state index contributed by atoms with van der Waals surface area (Å²) in [4.78, 5) is 24.4. The van der Waals surface area contributed by atoms with Gasteiger partial charge in [0.05, 0.1) is 6.61 Å². The quantitative estimate of drug-likeness (QED) is 0.0376. The van der Waals surface area contributed by atoms with Crippen molar-refractivity contribution in [2.45, 2.75) is 187 Å². The molecule has 0 saturated heterocycles. The Morgan fingerprint density at radius 3 is 0.984 bits per heavy atom. The molecule has 0 aromatic rings. The van der Waals surface area contributed by atoms with Crippen LogP contribution >= 0.6 is 0 Å². The van der Waals surface area contributed by atoms with E-state index in [-0.39, 0.29) is 25.2 Å². The lowest BCUT2D eigenvalue weighted by molar-refractivity contribution is -0.161. The maximum absolute atomic E-state index is 12.3. The van der Waals surface area contributed by atoms with Crippen molar-refractivity contribution < 1.29 is 24.2 Å². The van der Waals surface area contributed by atoms with E-state index in [2.05, 4.69) is 160 Å². The van der Waals surface area contributed by atoms with Crippen molar-refractivity contribution in [2.75, 3.05) is 13.2 Å². The smallest absolute Gasteiger partial charge is 0.306 e. The van der Waals surface area contributed by atoms with E-state index >= 15 is 0 Å². The van der Waals surface area contributed by atoms with Crippen LogP contribution < -0.4 is 0 Å². The summed E-state index contributed by atoms with van der Waals surface area (Å²) in [6, 6.07) is 0. The highest BCUT2D eigenvalue weighted by Gasteiger charge is 2.16. The number of aliphatic hydroxyl groups excluding tert-OH is 1. The summed E-state index contributed by atoms with van der Waals surface area (Å²) in [7, 11) is 0. The van der Waals surface area contributed by atoms with E-state index < -0.39 is 6.10 Å². The van der Waals surface area contributed by atoms with Gasteiger partial charge < -0.3 is 14.6 Å². The Bertz CT molecular complexity index is 1380. The van der Waals surface area contributed by atoms with Gasteiger partial charge >= 0.3 is 11.9 Å². The normalized spacial score (nSPS) is 13.5. The number of carbonyl (C=O) groups is 2. The minimum Gasteiger partial charge on any atom is -0.462 e. The summed E-state index contributed by atoms with van der Waals surface area (Å²) in [6.07, 6.45) is 77.8. The molecule has 0 amide bonds. The van der Waals surface area contributed by atoms with E-state index in [1.165, 1.54) is 25.7 Å². The van der Waals surface area contributed by atoms with Crippen LogP contribution in [0.25, 0.3) is 0 Å². The molecular formula is C57H88O5. The topological polar surface area (TPSA) is 72.8 Å². The zero-order valence-corrected chi connectivity index (χ0v) is 39.3. The average Bonchev–Trinajstić information content (AvgIpc) is 3.28. The van der Waals surface area contributed by atoms with Crippen molar-refractivity contribution in [3.8, 4) is 0 Å². The largest absolute Gasteiger partial charge is 0.462 e. The van der Waals surface area contributed by atoms with E-state index in [1.807, 2.05) is 0 Å². The van der Waals surface area contributed by atoms with E-state index in [0.717, 1.165) is 128 Å². The second-order valence-corrected chi connectivity index (χ2v) is 15.4. The minimum absolute atomic E-state index is 0.0967. The molecule has 0 aliphatic carbocycles. The first kappa shape index (κ1) is 57.8. The van der Waals surface area contributed by atoms with Gasteiger partial charge in [-0.1, -0.05) is 198 Å². The number of hydrogen-bond acceptors (Lipinski definition) is 5. The molecule has 0 spiro atoms. The molecule has 0 rings (SSSR count). The molecule has 5 nitrogen and oxygen atoms in total. The molecule has 0 fully saturated rings. The molecule has 1 unspecified atom stereocenters. The zero-order chi connectivity index (χ0) is 44.9. The van der Waals surface area contributed by atoms with Crippen LogP contribution in [0, 0.1) is 0 Å². The van der Waals surface area contributed by atoms with Gasteiger partial charge in [0, 0.05) is 12.8 Å². The fourth-order valence-electron chi connectivity index (χ4n) is 6.03. The van der Waals surface area contributed by atoms with Crippen LogP contribution in [-0.4, -0.2) is 36.4 Å². The number of aliphatic hydroxyl groups is 1. The Morgan fingerprint density at radius 1 is 0.371 bits per heavy atom. The Kier molecular flexibility index (Phi) is 47.7. The number of carbonyl (C=O) groups excluding carboxylic acids is 2. The maximum Gasteiger partial charge on any atom is 0.306 e. The van der Waals surface area contributed by atoms with Gasteiger partial charge in [-0.25, -0.2) is 0 Å². The summed E-state index contributed by atoms with van der Waals surface area (Å²) in [5, 5.41) is 9.62. The lowest BCUT2D eigenvalue weighted by Crippen LogP contribution is -2.28. The first-order chi connectivity index (χ1) is 30.6. The van der Waals surface area contributed by atoms with Crippen molar-refractivity contribution >= 4 is 11.9 Å². The van der Waals surface area contributed by atoms with Gasteiger partial charge in [0.1, 0.15) is 6.61 Å². The molecule has 62 heavy (non-hydrogen) atoms. The standard InChI is InChI=1S/C57H88O5/c1-3-5-7-9-11-13-15-17-19-21-23-25-27-28-30-32-34-36-38-40-42-44-46-48-50-52-57(60)62-55(53-58)54-61-56(59)51-49-47-45-43-41-39-37-35-33-31-29-26-24-22-20-18-16-14-12-10-8-6-4-2/h5-8,11-14,17-20,23-26,28,30-31,33-34,36,40,42,55,58H,3-4,9-10,15-16,21-22,27,29,32,35,37-39,41,43-54H2,1-2H3/b7-5-,8-6-,13-11-,14-12-,19-17-,20-18-,25-23-,26-24-,30-28-,33-31-,36-34-,42-40-. The molecule has 0 aromatic carbocycles. The minimum atomic E-state index is -0.807. The fourth-order valence-corrected chi connectivity index (χ4v) is 6.03. The first-order valence-corrected chi connectivity index (χ1v) is 24.4. The van der Waals surface area contributed by atoms with Gasteiger partial charge in [0.25, 0.3) is 0 Å². The highest BCUT2D eigenvalue weighted by molar-refractivity contribution is 5.70. The Balaban J connectivity index is 3.69. The number of unbranched alkanes of at least 4 members (excludes halogenated alkanes) is 10. The van der Waals surface area contributed by atoms with Crippen LogP contribution in [0.2, 0.25) is 0 Å². The molecule has 0 aliphatic rings. The SMILES string of the molecule is CC/C=C\C/C=C\C/C=C\C/C=C\C/C=C\C/C=C\C/C=C\CCCCCC(=O)OC(CO)COC(=O)CCCCCCCCC/C=C\C/C=C\C/C=C\C/C=C\C/C=C\CC. The molecule has 0 saturated carbocycles. The predicted molar refractivity (Wildman–Crippen MR) is 269 cm³/mol. The first-order valence-electron chi connectivity index (χ1n) is 24.4. The van der Waals surface area contributed by atoms with Gasteiger partial charge in [-0.3, -0.25) is 9.59 Å². The molecule has 346 valence electrons. The number of ether oxygens (including phenoxy) is 2. The van der Waals surface area contributed by atoms with Gasteiger partial charge in [0.15, 0.2) is 6.10 Å². The van der Waals surface area contributed by atoms with Crippen LogP contribution in [0.4, 0.5) is 0 Å². The van der Waals surface area contributed by atoms with Crippen molar-refractivity contribution in [1.82, 2.24) is 0 Å². The monoisotopic (exact) mass is 853 g/mol. The van der Waals surface area contributed by atoms with E-state index in [0.29, 0.717) is 12.8 Å². The number of hydrogen-bond donors (Lipinski definition) is 1. The molecule has 0 heterocycles. The summed E-state index contributed by atoms with van der Waals surface area (Å²) in [5.74, 6) is -0.656. The van der Waals surface area contributed by atoms with Gasteiger partial charge in [0.2, 0.25) is 0 Å². The predicted octanol–water partition coefficient (Wildman–Crippen LogP) is 16.3. The highest BCUT2D eigenvalue weighted by Crippen LogP contribution is 2.12. The molecule has 1 N–H and O–H groups in total.